The summed E-state index contributed by atoms with van der Waals surface area (Å²) in [5.74, 6) is 1.33. The highest BCUT2D eigenvalue weighted by Crippen LogP contribution is 2.41. The zero-order valence-electron chi connectivity index (χ0n) is 20.5. The van der Waals surface area contributed by atoms with E-state index in [-0.39, 0.29) is 11.6 Å². The number of aryl methyl sites for hydroxylation is 1. The van der Waals surface area contributed by atoms with Crippen LogP contribution in [0.25, 0.3) is 11.8 Å². The van der Waals surface area contributed by atoms with Crippen molar-refractivity contribution in [1.29, 1.82) is 0 Å². The van der Waals surface area contributed by atoms with Crippen LogP contribution in [0.1, 0.15) is 41.6 Å². The molecule has 3 aromatic carbocycles. The molecule has 1 aromatic heterocycles. The van der Waals surface area contributed by atoms with Crippen LogP contribution in [-0.4, -0.2) is 18.3 Å². The van der Waals surface area contributed by atoms with Crippen molar-refractivity contribution in [3.05, 3.63) is 119 Å². The molecule has 0 spiro atoms. The Morgan fingerprint density at radius 3 is 2.68 bits per heavy atom. The van der Waals surface area contributed by atoms with Crippen LogP contribution in [0.2, 0.25) is 0 Å². The molecule has 0 amide bonds. The highest BCUT2D eigenvalue weighted by molar-refractivity contribution is 9.10. The molecule has 186 valence electrons. The van der Waals surface area contributed by atoms with Gasteiger partial charge in [0.2, 0.25) is 0 Å². The van der Waals surface area contributed by atoms with E-state index in [0.29, 0.717) is 22.6 Å². The quantitative estimate of drug-likeness (QED) is 0.318. The van der Waals surface area contributed by atoms with Crippen molar-refractivity contribution in [2.24, 2.45) is 4.99 Å². The Labute approximate surface area is 227 Å². The summed E-state index contributed by atoms with van der Waals surface area (Å²) in [7, 11) is 1.62. The average Bonchev–Trinajstić information content (AvgIpc) is 3.23. The fraction of sp³-hybridized carbons (Fsp3) is 0.200. The lowest BCUT2D eigenvalue weighted by Crippen LogP contribution is -2.38. The Morgan fingerprint density at radius 2 is 1.89 bits per heavy atom. The standard InChI is InChI=1S/C30H25BrN2O3S/c1-3-36-24-15-8-18(16-25(24)35-2)17-26-29(34)33-28(20-9-12-21(31)13-10-20)23-14-11-19-6-4-5-7-22(19)27(23)32-30(33)37-26/h4-10,12-13,15-17,28H,3,11,14H2,1-2H3/b26-17-/t28-/m0/s1. The van der Waals surface area contributed by atoms with Gasteiger partial charge in [-0.1, -0.05) is 69.7 Å². The summed E-state index contributed by atoms with van der Waals surface area (Å²) in [6.45, 7) is 2.49. The molecule has 1 atom stereocenters. The molecule has 6 rings (SSSR count). The predicted molar refractivity (Wildman–Crippen MR) is 151 cm³/mol. The molecule has 5 nitrogen and oxygen atoms in total. The van der Waals surface area contributed by atoms with Crippen molar-refractivity contribution in [2.45, 2.75) is 25.8 Å². The van der Waals surface area contributed by atoms with Gasteiger partial charge < -0.3 is 9.47 Å². The molecule has 1 aliphatic heterocycles. The minimum absolute atomic E-state index is 0.0325. The molecule has 0 saturated heterocycles. The lowest BCUT2D eigenvalue weighted by molar-refractivity contribution is 0.311. The number of benzene rings is 3. The fourth-order valence-electron chi connectivity index (χ4n) is 5.17. The highest BCUT2D eigenvalue weighted by atomic mass is 79.9. The van der Waals surface area contributed by atoms with Crippen molar-refractivity contribution >= 4 is 39.0 Å². The highest BCUT2D eigenvalue weighted by Gasteiger charge is 2.32. The monoisotopic (exact) mass is 572 g/mol. The molecule has 0 fully saturated rings. The van der Waals surface area contributed by atoms with Gasteiger partial charge in [0.05, 0.1) is 30.0 Å². The molecule has 0 radical (unpaired) electrons. The molecule has 2 aliphatic rings. The van der Waals surface area contributed by atoms with Crippen LogP contribution in [0.4, 0.5) is 0 Å². The van der Waals surface area contributed by atoms with Gasteiger partial charge in [0, 0.05) is 10.0 Å². The van der Waals surface area contributed by atoms with Gasteiger partial charge in [0.25, 0.3) is 5.56 Å². The number of ether oxygens (including phenoxy) is 2. The second-order valence-corrected chi connectivity index (χ2v) is 10.9. The van der Waals surface area contributed by atoms with Crippen molar-refractivity contribution in [3.63, 3.8) is 0 Å². The molecule has 0 unspecified atom stereocenters. The third kappa shape index (κ3) is 4.26. The minimum atomic E-state index is -0.190. The number of fused-ring (bicyclic) bond motifs is 3. The Morgan fingerprint density at radius 1 is 1.08 bits per heavy atom. The lowest BCUT2D eigenvalue weighted by Gasteiger charge is -2.30. The van der Waals surface area contributed by atoms with E-state index in [4.69, 9.17) is 14.5 Å². The maximum Gasteiger partial charge on any atom is 0.271 e. The van der Waals surface area contributed by atoms with E-state index in [1.165, 1.54) is 28.0 Å². The molecule has 0 N–H and O–H groups in total. The average molecular weight is 574 g/mol. The summed E-state index contributed by atoms with van der Waals surface area (Å²) >= 11 is 4.98. The van der Waals surface area contributed by atoms with E-state index in [9.17, 15) is 4.79 Å². The molecule has 2 heterocycles. The summed E-state index contributed by atoms with van der Waals surface area (Å²) in [5, 5.41) is 0. The Balaban J connectivity index is 1.56. The number of allylic oxidation sites excluding steroid dienone is 1. The van der Waals surface area contributed by atoms with Crippen molar-refractivity contribution in [2.75, 3.05) is 13.7 Å². The molecule has 1 aliphatic carbocycles. The molecule has 37 heavy (non-hydrogen) atoms. The molecule has 4 aromatic rings. The summed E-state index contributed by atoms with van der Waals surface area (Å²) in [4.78, 5) is 19.7. The van der Waals surface area contributed by atoms with E-state index in [1.54, 1.807) is 7.11 Å². The number of thiazole rings is 1. The van der Waals surface area contributed by atoms with Gasteiger partial charge in [-0.2, -0.15) is 0 Å². The van der Waals surface area contributed by atoms with E-state index in [1.807, 2.05) is 47.9 Å². The Kier molecular flexibility index (Phi) is 6.34. The van der Waals surface area contributed by atoms with Gasteiger partial charge in [-0.3, -0.25) is 9.36 Å². The number of aromatic nitrogens is 1. The maximum atomic E-state index is 13.9. The number of halogens is 1. The molecule has 0 bridgehead atoms. The first-order valence-corrected chi connectivity index (χ1v) is 13.9. The maximum absolute atomic E-state index is 13.9. The van der Waals surface area contributed by atoms with Gasteiger partial charge >= 0.3 is 0 Å². The molecular weight excluding hydrogens is 548 g/mol. The zero-order valence-corrected chi connectivity index (χ0v) is 22.9. The number of rotatable bonds is 5. The van der Waals surface area contributed by atoms with Crippen molar-refractivity contribution in [3.8, 4) is 11.5 Å². The zero-order chi connectivity index (χ0) is 25.5. The van der Waals surface area contributed by atoms with Crippen LogP contribution in [0.5, 0.6) is 11.5 Å². The predicted octanol–water partition coefficient (Wildman–Crippen LogP) is 5.49. The molecule has 0 saturated carbocycles. The number of methoxy groups -OCH3 is 1. The van der Waals surface area contributed by atoms with E-state index in [0.717, 1.165) is 38.9 Å². The summed E-state index contributed by atoms with van der Waals surface area (Å²) < 4.78 is 14.7. The van der Waals surface area contributed by atoms with Gasteiger partial charge in [0.15, 0.2) is 16.3 Å². The summed E-state index contributed by atoms with van der Waals surface area (Å²) in [5.41, 5.74) is 6.60. The van der Waals surface area contributed by atoms with Gasteiger partial charge in [0.1, 0.15) is 0 Å². The van der Waals surface area contributed by atoms with Crippen LogP contribution in [0, 0.1) is 0 Å². The second-order valence-electron chi connectivity index (χ2n) is 9.01. The number of hydrogen-bond acceptors (Lipinski definition) is 5. The van der Waals surface area contributed by atoms with Crippen LogP contribution in [0.3, 0.4) is 0 Å². The largest absolute Gasteiger partial charge is 0.493 e. The Bertz CT molecular complexity index is 1720. The first kappa shape index (κ1) is 23.9. The van der Waals surface area contributed by atoms with Crippen LogP contribution in [0.15, 0.2) is 86.6 Å². The number of hydrogen-bond donors (Lipinski definition) is 0. The first-order valence-electron chi connectivity index (χ1n) is 12.3. The van der Waals surface area contributed by atoms with E-state index < -0.39 is 0 Å². The van der Waals surface area contributed by atoms with Crippen LogP contribution >= 0.6 is 27.3 Å². The first-order chi connectivity index (χ1) is 18.1. The third-order valence-corrected chi connectivity index (χ3v) is 8.36. The summed E-state index contributed by atoms with van der Waals surface area (Å²) in [6, 6.07) is 22.3. The third-order valence-electron chi connectivity index (χ3n) is 6.84. The normalized spacial score (nSPS) is 16.5. The molecule has 7 heteroatoms. The van der Waals surface area contributed by atoms with Crippen LogP contribution < -0.4 is 24.4 Å². The van der Waals surface area contributed by atoms with Gasteiger partial charge in [-0.05, 0) is 72.4 Å². The summed E-state index contributed by atoms with van der Waals surface area (Å²) in [6.07, 6.45) is 3.72. The Hall–Kier alpha value is -3.42. The fourth-order valence-corrected chi connectivity index (χ4v) is 6.43. The number of nitrogens with zero attached hydrogens (tertiary/aromatic N) is 2. The molecular formula is C30H25BrN2O3S. The lowest BCUT2D eigenvalue weighted by atomic mass is 9.83. The van der Waals surface area contributed by atoms with Crippen molar-refractivity contribution in [1.82, 2.24) is 4.57 Å². The van der Waals surface area contributed by atoms with E-state index in [2.05, 4.69) is 52.3 Å². The van der Waals surface area contributed by atoms with Crippen molar-refractivity contribution < 1.29 is 9.47 Å². The SMILES string of the molecule is CCOc1ccc(/C=c2\sc3n(c2=O)[C@@H](c2ccc(Br)cc2)C2=C(N=3)c3ccccc3CC2)cc1OC. The van der Waals surface area contributed by atoms with Gasteiger partial charge in [-0.25, -0.2) is 4.99 Å². The van der Waals surface area contributed by atoms with Gasteiger partial charge in [-0.15, -0.1) is 0 Å². The minimum Gasteiger partial charge on any atom is -0.493 e. The second kappa shape index (κ2) is 9.80. The topological polar surface area (TPSA) is 52.8 Å². The van der Waals surface area contributed by atoms with E-state index >= 15 is 0 Å². The van der Waals surface area contributed by atoms with Crippen LogP contribution in [-0.2, 0) is 6.42 Å². The smallest absolute Gasteiger partial charge is 0.271 e.